The first-order chi connectivity index (χ1) is 6.53. The molecule has 0 radical (unpaired) electrons. The van der Waals surface area contributed by atoms with E-state index in [9.17, 15) is 0 Å². The Hall–Kier alpha value is -0.120. The van der Waals surface area contributed by atoms with E-state index in [1.165, 1.54) is 19.4 Å². The Morgan fingerprint density at radius 3 is 2.79 bits per heavy atom. The van der Waals surface area contributed by atoms with E-state index < -0.39 is 0 Å². The molecule has 0 aromatic carbocycles. The van der Waals surface area contributed by atoms with Gasteiger partial charge in [-0.3, -0.25) is 0 Å². The molecule has 1 aliphatic heterocycles. The van der Waals surface area contributed by atoms with Crippen LogP contribution in [0, 0.1) is 5.41 Å². The molecule has 0 spiro atoms. The second kappa shape index (κ2) is 5.10. The van der Waals surface area contributed by atoms with Crippen molar-refractivity contribution in [1.29, 1.82) is 0 Å². The standard InChI is InChI=1S/C11H24N2O/c1-11(2)5-3-6-13(9-11)8-10(12)4-7-14/h10,14H,3-9,12H2,1-2H3. The van der Waals surface area contributed by atoms with Gasteiger partial charge in [-0.25, -0.2) is 0 Å². The summed E-state index contributed by atoms with van der Waals surface area (Å²) in [6.07, 6.45) is 3.31. The van der Waals surface area contributed by atoms with E-state index in [1.54, 1.807) is 0 Å². The van der Waals surface area contributed by atoms with Crippen LogP contribution in [0.4, 0.5) is 0 Å². The molecule has 1 rings (SSSR count). The minimum absolute atomic E-state index is 0.133. The Bertz CT molecular complexity index is 171. The molecule has 14 heavy (non-hydrogen) atoms. The summed E-state index contributed by atoms with van der Waals surface area (Å²) in [5.41, 5.74) is 6.34. The molecule has 1 unspecified atom stereocenters. The lowest BCUT2D eigenvalue weighted by Gasteiger charge is -2.39. The van der Waals surface area contributed by atoms with E-state index in [2.05, 4.69) is 18.7 Å². The van der Waals surface area contributed by atoms with Crippen molar-refractivity contribution in [3.63, 3.8) is 0 Å². The fourth-order valence-electron chi connectivity index (χ4n) is 2.29. The summed E-state index contributed by atoms with van der Waals surface area (Å²) in [5.74, 6) is 0. The maximum Gasteiger partial charge on any atom is 0.0446 e. The largest absolute Gasteiger partial charge is 0.396 e. The maximum absolute atomic E-state index is 8.77. The molecule has 1 atom stereocenters. The number of hydrogen-bond acceptors (Lipinski definition) is 3. The first-order valence-electron chi connectivity index (χ1n) is 5.62. The third kappa shape index (κ3) is 3.95. The molecule has 0 aliphatic carbocycles. The molecular weight excluding hydrogens is 176 g/mol. The van der Waals surface area contributed by atoms with E-state index in [1.807, 2.05) is 0 Å². The van der Waals surface area contributed by atoms with E-state index in [0.717, 1.165) is 19.5 Å². The van der Waals surface area contributed by atoms with Crippen molar-refractivity contribution in [2.24, 2.45) is 11.1 Å². The van der Waals surface area contributed by atoms with E-state index in [-0.39, 0.29) is 12.6 Å². The second-order valence-corrected chi connectivity index (χ2v) is 5.28. The second-order valence-electron chi connectivity index (χ2n) is 5.28. The van der Waals surface area contributed by atoms with Crippen molar-refractivity contribution < 1.29 is 5.11 Å². The summed E-state index contributed by atoms with van der Waals surface area (Å²) in [7, 11) is 0. The lowest BCUT2D eigenvalue weighted by molar-refractivity contribution is 0.108. The van der Waals surface area contributed by atoms with Gasteiger partial charge in [0, 0.05) is 25.7 Å². The average Bonchev–Trinajstić information content (AvgIpc) is 2.02. The third-order valence-electron chi connectivity index (χ3n) is 2.97. The van der Waals surface area contributed by atoms with Crippen molar-refractivity contribution in [1.82, 2.24) is 4.90 Å². The third-order valence-corrected chi connectivity index (χ3v) is 2.97. The summed E-state index contributed by atoms with van der Waals surface area (Å²) in [5, 5.41) is 8.77. The van der Waals surface area contributed by atoms with Gasteiger partial charge in [0.05, 0.1) is 0 Å². The number of nitrogens with two attached hydrogens (primary N) is 1. The quantitative estimate of drug-likeness (QED) is 0.706. The molecule has 0 amide bonds. The predicted molar refractivity (Wildman–Crippen MR) is 59.1 cm³/mol. The molecule has 0 bridgehead atoms. The number of piperidine rings is 1. The lowest BCUT2D eigenvalue weighted by atomic mass is 9.84. The van der Waals surface area contributed by atoms with Crippen LogP contribution in [-0.2, 0) is 0 Å². The first kappa shape index (κ1) is 12.0. The summed E-state index contributed by atoms with van der Waals surface area (Å²) in [6, 6.07) is 0.133. The van der Waals surface area contributed by atoms with Crippen LogP contribution in [0.2, 0.25) is 0 Å². The number of likely N-dealkylation sites (tertiary alicyclic amines) is 1. The summed E-state index contributed by atoms with van der Waals surface area (Å²) < 4.78 is 0. The zero-order valence-corrected chi connectivity index (χ0v) is 9.50. The number of nitrogens with zero attached hydrogens (tertiary/aromatic N) is 1. The van der Waals surface area contributed by atoms with Gasteiger partial charge in [0.2, 0.25) is 0 Å². The molecule has 0 aromatic heterocycles. The number of aliphatic hydroxyl groups excluding tert-OH is 1. The Balaban J connectivity index is 2.30. The molecule has 0 aromatic rings. The molecule has 1 heterocycles. The summed E-state index contributed by atoms with van der Waals surface area (Å²) in [4.78, 5) is 2.43. The zero-order chi connectivity index (χ0) is 10.6. The van der Waals surface area contributed by atoms with Crippen LogP contribution in [-0.4, -0.2) is 42.3 Å². The van der Waals surface area contributed by atoms with Crippen LogP contribution >= 0.6 is 0 Å². The SMILES string of the molecule is CC1(C)CCCN(CC(N)CCO)C1. The molecule has 1 aliphatic rings. The van der Waals surface area contributed by atoms with Gasteiger partial charge < -0.3 is 15.7 Å². The van der Waals surface area contributed by atoms with E-state index in [4.69, 9.17) is 10.8 Å². The van der Waals surface area contributed by atoms with Gasteiger partial charge in [0.1, 0.15) is 0 Å². The van der Waals surface area contributed by atoms with Crippen molar-refractivity contribution >= 4 is 0 Å². The van der Waals surface area contributed by atoms with Crippen LogP contribution in [0.1, 0.15) is 33.1 Å². The topological polar surface area (TPSA) is 49.5 Å². The fourth-order valence-corrected chi connectivity index (χ4v) is 2.29. The smallest absolute Gasteiger partial charge is 0.0446 e. The maximum atomic E-state index is 8.77. The van der Waals surface area contributed by atoms with Crippen LogP contribution in [0.25, 0.3) is 0 Å². The Morgan fingerprint density at radius 2 is 2.21 bits per heavy atom. The molecule has 0 saturated carbocycles. The summed E-state index contributed by atoms with van der Waals surface area (Å²) >= 11 is 0. The van der Waals surface area contributed by atoms with Gasteiger partial charge >= 0.3 is 0 Å². The summed E-state index contributed by atoms with van der Waals surface area (Å²) in [6.45, 7) is 8.09. The van der Waals surface area contributed by atoms with Gasteiger partial charge in [0.15, 0.2) is 0 Å². The minimum atomic E-state index is 0.133. The van der Waals surface area contributed by atoms with Crippen molar-refractivity contribution in [2.75, 3.05) is 26.2 Å². The lowest BCUT2D eigenvalue weighted by Crippen LogP contribution is -2.45. The number of hydrogen-bond donors (Lipinski definition) is 2. The fraction of sp³-hybridized carbons (Fsp3) is 1.00. The van der Waals surface area contributed by atoms with Crippen LogP contribution in [0.5, 0.6) is 0 Å². The molecule has 84 valence electrons. The van der Waals surface area contributed by atoms with Gasteiger partial charge in [-0.1, -0.05) is 13.8 Å². The molecule has 3 nitrogen and oxygen atoms in total. The molecule has 1 fully saturated rings. The highest BCUT2D eigenvalue weighted by molar-refractivity contribution is 4.81. The van der Waals surface area contributed by atoms with Crippen molar-refractivity contribution in [2.45, 2.75) is 39.2 Å². The number of rotatable bonds is 4. The number of aliphatic hydroxyl groups is 1. The van der Waals surface area contributed by atoms with Gasteiger partial charge in [0.25, 0.3) is 0 Å². The monoisotopic (exact) mass is 200 g/mol. The van der Waals surface area contributed by atoms with Gasteiger partial charge in [-0.2, -0.15) is 0 Å². The van der Waals surface area contributed by atoms with Crippen LogP contribution in [0.15, 0.2) is 0 Å². The van der Waals surface area contributed by atoms with E-state index >= 15 is 0 Å². The van der Waals surface area contributed by atoms with E-state index in [0.29, 0.717) is 5.41 Å². The van der Waals surface area contributed by atoms with Crippen LogP contribution < -0.4 is 5.73 Å². The molecular formula is C11H24N2O. The Morgan fingerprint density at radius 1 is 1.50 bits per heavy atom. The van der Waals surface area contributed by atoms with Gasteiger partial charge in [-0.05, 0) is 31.2 Å². The Labute approximate surface area is 87.3 Å². The highest BCUT2D eigenvalue weighted by Gasteiger charge is 2.26. The highest BCUT2D eigenvalue weighted by atomic mass is 16.3. The molecule has 1 saturated heterocycles. The van der Waals surface area contributed by atoms with Crippen molar-refractivity contribution in [3.8, 4) is 0 Å². The van der Waals surface area contributed by atoms with Crippen molar-refractivity contribution in [3.05, 3.63) is 0 Å². The average molecular weight is 200 g/mol. The minimum Gasteiger partial charge on any atom is -0.396 e. The predicted octanol–water partition coefficient (Wildman–Crippen LogP) is 0.818. The first-order valence-corrected chi connectivity index (χ1v) is 5.62. The molecule has 3 N–H and O–H groups in total. The zero-order valence-electron chi connectivity index (χ0n) is 9.50. The Kier molecular flexibility index (Phi) is 4.35. The molecule has 3 heteroatoms. The van der Waals surface area contributed by atoms with Gasteiger partial charge in [-0.15, -0.1) is 0 Å². The normalized spacial score (nSPS) is 24.9. The van der Waals surface area contributed by atoms with Crippen LogP contribution in [0.3, 0.4) is 0 Å². The highest BCUT2D eigenvalue weighted by Crippen LogP contribution is 2.28.